The van der Waals surface area contributed by atoms with Crippen molar-refractivity contribution in [2.24, 2.45) is 0 Å². The van der Waals surface area contributed by atoms with Gasteiger partial charge < -0.3 is 15.0 Å². The number of unbranched alkanes of at least 4 members (excludes halogenated alkanes) is 2. The number of carbonyl (C=O) groups excluding carboxylic acids is 1. The number of hydrogen-bond donors (Lipinski definition) is 2. The van der Waals surface area contributed by atoms with Crippen LogP contribution >= 0.6 is 12.2 Å². The number of carbonyl (C=O) groups is 1. The average molecular weight is 375 g/mol. The molecule has 2 aromatic rings. The fourth-order valence-electron chi connectivity index (χ4n) is 3.26. The van der Waals surface area contributed by atoms with Crippen LogP contribution < -0.4 is 10.9 Å². The van der Waals surface area contributed by atoms with Crippen LogP contribution in [0.15, 0.2) is 29.1 Å². The zero-order valence-electron chi connectivity index (χ0n) is 14.8. The highest BCUT2D eigenvalue weighted by molar-refractivity contribution is 7.71. The number of H-pyrrole nitrogens is 1. The maximum absolute atomic E-state index is 12.5. The summed E-state index contributed by atoms with van der Waals surface area (Å²) in [7, 11) is 0. The number of nitrogens with zero attached hydrogens (tertiary/aromatic N) is 1. The molecule has 1 amide bonds. The third kappa shape index (κ3) is 4.80. The van der Waals surface area contributed by atoms with Crippen LogP contribution in [0.1, 0.15) is 38.5 Å². The minimum atomic E-state index is -0.0568. The van der Waals surface area contributed by atoms with Gasteiger partial charge in [0.25, 0.3) is 5.56 Å². The average Bonchev–Trinajstić information content (AvgIpc) is 3.15. The molecule has 26 heavy (non-hydrogen) atoms. The minimum absolute atomic E-state index is 0.0568. The molecule has 1 atom stereocenters. The molecule has 6 nitrogen and oxygen atoms in total. The molecule has 140 valence electrons. The largest absolute Gasteiger partial charge is 0.376 e. The van der Waals surface area contributed by atoms with Crippen LogP contribution in [-0.2, 0) is 16.1 Å². The van der Waals surface area contributed by atoms with Gasteiger partial charge in [-0.25, -0.2) is 0 Å². The molecule has 0 aliphatic carbocycles. The van der Waals surface area contributed by atoms with E-state index < -0.39 is 0 Å². The highest BCUT2D eigenvalue weighted by atomic mass is 32.1. The summed E-state index contributed by atoms with van der Waals surface area (Å²) in [5.74, 6) is 0.0701. The molecule has 0 bridgehead atoms. The highest BCUT2D eigenvalue weighted by Gasteiger charge is 2.15. The second-order valence-corrected chi connectivity index (χ2v) is 7.07. The van der Waals surface area contributed by atoms with Gasteiger partial charge >= 0.3 is 0 Å². The number of rotatable bonds is 8. The van der Waals surface area contributed by atoms with E-state index in [1.54, 1.807) is 10.6 Å². The first kappa shape index (κ1) is 18.8. The predicted molar refractivity (Wildman–Crippen MR) is 104 cm³/mol. The van der Waals surface area contributed by atoms with Crippen LogP contribution in [0.2, 0.25) is 0 Å². The van der Waals surface area contributed by atoms with Gasteiger partial charge in [0.1, 0.15) is 0 Å². The number of ether oxygens (including phenoxy) is 1. The molecule has 2 N–H and O–H groups in total. The Balaban J connectivity index is 1.42. The molecule has 1 aliphatic heterocycles. The van der Waals surface area contributed by atoms with Gasteiger partial charge in [-0.15, -0.1) is 0 Å². The van der Waals surface area contributed by atoms with Gasteiger partial charge in [-0.05, 0) is 50.0 Å². The first-order valence-corrected chi connectivity index (χ1v) is 9.66. The topological polar surface area (TPSA) is 76.1 Å². The Kier molecular flexibility index (Phi) is 6.57. The zero-order valence-corrected chi connectivity index (χ0v) is 15.6. The van der Waals surface area contributed by atoms with E-state index >= 15 is 0 Å². The van der Waals surface area contributed by atoms with Gasteiger partial charge in [0.2, 0.25) is 5.91 Å². The van der Waals surface area contributed by atoms with Crippen LogP contribution in [0, 0.1) is 4.77 Å². The van der Waals surface area contributed by atoms with Gasteiger partial charge in [0.05, 0.1) is 17.0 Å². The number of amides is 1. The molecule has 1 fully saturated rings. The van der Waals surface area contributed by atoms with Crippen LogP contribution in [0.4, 0.5) is 0 Å². The molecule has 3 rings (SSSR count). The van der Waals surface area contributed by atoms with Crippen molar-refractivity contribution in [1.82, 2.24) is 14.9 Å². The number of aromatic nitrogens is 2. The molecular formula is C19H25N3O3S. The molecule has 1 aromatic carbocycles. The number of para-hydroxylation sites is 1. The monoisotopic (exact) mass is 375 g/mol. The number of nitrogens with one attached hydrogen (secondary N) is 2. The summed E-state index contributed by atoms with van der Waals surface area (Å²) >= 11 is 5.30. The molecule has 0 spiro atoms. The molecule has 1 saturated heterocycles. The highest BCUT2D eigenvalue weighted by Crippen LogP contribution is 2.11. The second kappa shape index (κ2) is 9.09. The smallest absolute Gasteiger partial charge is 0.262 e. The van der Waals surface area contributed by atoms with Crippen molar-refractivity contribution in [3.63, 3.8) is 0 Å². The quantitative estimate of drug-likeness (QED) is 0.549. The van der Waals surface area contributed by atoms with E-state index in [0.29, 0.717) is 29.7 Å². The van der Waals surface area contributed by atoms with E-state index in [2.05, 4.69) is 10.3 Å². The van der Waals surface area contributed by atoms with Crippen LogP contribution in [0.25, 0.3) is 10.9 Å². The summed E-state index contributed by atoms with van der Waals surface area (Å²) in [6.45, 7) is 1.98. The fourth-order valence-corrected chi connectivity index (χ4v) is 3.54. The molecule has 0 radical (unpaired) electrons. The van der Waals surface area contributed by atoms with Crippen molar-refractivity contribution in [1.29, 1.82) is 0 Å². The lowest BCUT2D eigenvalue weighted by Gasteiger charge is -2.11. The Labute approximate surface area is 157 Å². The third-order valence-corrected chi connectivity index (χ3v) is 5.05. The van der Waals surface area contributed by atoms with Crippen molar-refractivity contribution in [2.45, 2.75) is 51.2 Å². The zero-order chi connectivity index (χ0) is 18.4. The molecule has 1 aromatic heterocycles. The Morgan fingerprint density at radius 2 is 2.15 bits per heavy atom. The number of benzene rings is 1. The Bertz CT molecular complexity index is 868. The molecular weight excluding hydrogens is 350 g/mol. The predicted octanol–water partition coefficient (Wildman–Crippen LogP) is 2.91. The summed E-state index contributed by atoms with van der Waals surface area (Å²) in [4.78, 5) is 27.5. The Morgan fingerprint density at radius 3 is 2.96 bits per heavy atom. The summed E-state index contributed by atoms with van der Waals surface area (Å²) in [6.07, 6.45) is 5.29. The molecule has 2 heterocycles. The Morgan fingerprint density at radius 1 is 1.31 bits per heavy atom. The number of aromatic amines is 1. The lowest BCUT2D eigenvalue weighted by molar-refractivity contribution is -0.121. The number of hydrogen-bond acceptors (Lipinski definition) is 4. The van der Waals surface area contributed by atoms with Crippen molar-refractivity contribution >= 4 is 29.0 Å². The van der Waals surface area contributed by atoms with Gasteiger partial charge in [0.15, 0.2) is 4.77 Å². The maximum Gasteiger partial charge on any atom is 0.262 e. The molecule has 1 aliphatic rings. The van der Waals surface area contributed by atoms with E-state index in [4.69, 9.17) is 17.0 Å². The van der Waals surface area contributed by atoms with Crippen molar-refractivity contribution in [3.05, 3.63) is 39.4 Å². The molecule has 7 heteroatoms. The van der Waals surface area contributed by atoms with Gasteiger partial charge in [-0.2, -0.15) is 0 Å². The summed E-state index contributed by atoms with van der Waals surface area (Å²) < 4.78 is 7.54. The van der Waals surface area contributed by atoms with Crippen LogP contribution in [0.5, 0.6) is 0 Å². The maximum atomic E-state index is 12.5. The third-order valence-electron chi connectivity index (χ3n) is 4.73. The van der Waals surface area contributed by atoms with Gasteiger partial charge in [-0.1, -0.05) is 18.6 Å². The second-order valence-electron chi connectivity index (χ2n) is 6.68. The lowest BCUT2D eigenvalue weighted by atomic mass is 10.1. The summed E-state index contributed by atoms with van der Waals surface area (Å²) in [6, 6.07) is 7.38. The van der Waals surface area contributed by atoms with E-state index in [1.165, 1.54) is 0 Å². The summed E-state index contributed by atoms with van der Waals surface area (Å²) in [5.41, 5.74) is 0.709. The van der Waals surface area contributed by atoms with E-state index in [1.807, 2.05) is 18.2 Å². The fraction of sp³-hybridized carbons (Fsp3) is 0.526. The van der Waals surface area contributed by atoms with Gasteiger partial charge in [0, 0.05) is 26.1 Å². The van der Waals surface area contributed by atoms with E-state index in [9.17, 15) is 9.59 Å². The molecule has 0 saturated carbocycles. The first-order valence-electron chi connectivity index (χ1n) is 9.25. The van der Waals surface area contributed by atoms with E-state index in [0.717, 1.165) is 44.2 Å². The minimum Gasteiger partial charge on any atom is -0.376 e. The van der Waals surface area contributed by atoms with E-state index in [-0.39, 0.29) is 17.6 Å². The van der Waals surface area contributed by atoms with Crippen LogP contribution in [-0.4, -0.2) is 34.7 Å². The first-order chi connectivity index (χ1) is 12.6. The molecule has 0 unspecified atom stereocenters. The van der Waals surface area contributed by atoms with Crippen molar-refractivity contribution in [2.75, 3.05) is 13.2 Å². The Hall–Kier alpha value is -1.99. The van der Waals surface area contributed by atoms with Gasteiger partial charge in [-0.3, -0.25) is 14.2 Å². The normalized spacial score (nSPS) is 16.8. The summed E-state index contributed by atoms with van der Waals surface area (Å²) in [5, 5.41) is 3.58. The van der Waals surface area contributed by atoms with Crippen molar-refractivity contribution in [3.8, 4) is 0 Å². The number of fused-ring (bicyclic) bond motifs is 1. The van der Waals surface area contributed by atoms with Crippen LogP contribution in [0.3, 0.4) is 0 Å². The van der Waals surface area contributed by atoms with Crippen molar-refractivity contribution < 1.29 is 9.53 Å². The standard InChI is InChI=1S/C19H25N3O3S/c23-17(20-13-14-7-6-12-25-14)10-2-1-5-11-22-18(24)15-8-3-4-9-16(15)21-19(22)26/h3-4,8-9,14H,1-2,5-7,10-13H2,(H,20,23)(H,21,26)/t14-/m0/s1. The lowest BCUT2D eigenvalue weighted by Crippen LogP contribution is -2.31. The SMILES string of the molecule is O=C(CCCCCn1c(=S)[nH]c2ccccc2c1=O)NC[C@@H]1CCCO1.